The Morgan fingerprint density at radius 3 is 2.43 bits per heavy atom. The average molecular weight is 395 g/mol. The summed E-state index contributed by atoms with van der Waals surface area (Å²) in [7, 11) is 0. The van der Waals surface area contributed by atoms with Crippen LogP contribution in [0.4, 0.5) is 24.5 Å². The first-order valence-electron chi connectivity index (χ1n) is 8.13. The molecule has 148 valence electrons. The summed E-state index contributed by atoms with van der Waals surface area (Å²) in [4.78, 5) is 34.7. The highest BCUT2D eigenvalue weighted by atomic mass is 19.4. The van der Waals surface area contributed by atoms with Crippen molar-refractivity contribution in [3.63, 3.8) is 0 Å². The fraction of sp³-hybridized carbons (Fsp3) is 0.222. The van der Waals surface area contributed by atoms with Gasteiger partial charge in [0, 0.05) is 24.8 Å². The summed E-state index contributed by atoms with van der Waals surface area (Å²) >= 11 is 0. The first-order valence-corrected chi connectivity index (χ1v) is 8.13. The highest BCUT2D eigenvalue weighted by Crippen LogP contribution is 2.22. The quantitative estimate of drug-likeness (QED) is 0.595. The number of hydrogen-bond acceptors (Lipinski definition) is 4. The number of nitrogens with zero attached hydrogens (tertiary/aromatic N) is 2. The predicted octanol–water partition coefficient (Wildman–Crippen LogP) is 3.76. The Morgan fingerprint density at radius 1 is 1.14 bits per heavy atom. The molecule has 7 nitrogen and oxygen atoms in total. The van der Waals surface area contributed by atoms with E-state index in [-0.39, 0.29) is 30.0 Å². The number of benzene rings is 2. The van der Waals surface area contributed by atoms with E-state index >= 15 is 0 Å². The van der Waals surface area contributed by atoms with Crippen LogP contribution in [0.1, 0.15) is 22.8 Å². The molecule has 0 unspecified atom stereocenters. The van der Waals surface area contributed by atoms with Gasteiger partial charge in [-0.05, 0) is 30.7 Å². The van der Waals surface area contributed by atoms with Crippen LogP contribution >= 0.6 is 0 Å². The number of hydrogen-bond donors (Lipinski definition) is 1. The van der Waals surface area contributed by atoms with E-state index in [4.69, 9.17) is 0 Å². The zero-order chi connectivity index (χ0) is 20.9. The Balaban J connectivity index is 2.19. The van der Waals surface area contributed by atoms with E-state index in [1.165, 1.54) is 55.5 Å². The lowest BCUT2D eigenvalue weighted by atomic mass is 10.1. The topological polar surface area (TPSA) is 92.6 Å². The van der Waals surface area contributed by atoms with Crippen molar-refractivity contribution >= 4 is 23.2 Å². The van der Waals surface area contributed by atoms with E-state index < -0.39 is 22.9 Å². The van der Waals surface area contributed by atoms with Gasteiger partial charge in [0.25, 0.3) is 11.6 Å². The molecule has 0 saturated carbocycles. The van der Waals surface area contributed by atoms with Crippen molar-refractivity contribution in [1.82, 2.24) is 4.90 Å². The molecule has 28 heavy (non-hydrogen) atoms. The molecule has 2 amide bonds. The standard InChI is InChI=1S/C18H16F3N3O4/c1-2-23(17(26)18(19,20)21)11-12-6-5-7-13(10-12)22-16(25)14-8-3-4-9-15(14)24(27)28/h3-10H,2,11H2,1H3,(H,22,25). The van der Waals surface area contributed by atoms with Crippen LogP contribution in [-0.2, 0) is 11.3 Å². The van der Waals surface area contributed by atoms with Gasteiger partial charge < -0.3 is 10.2 Å². The SMILES string of the molecule is CCN(Cc1cccc(NC(=O)c2ccccc2[N+](=O)[O-])c1)C(=O)C(F)(F)F. The summed E-state index contributed by atoms with van der Waals surface area (Å²) in [5.74, 6) is -2.69. The second kappa shape index (κ2) is 8.51. The molecule has 2 aromatic carbocycles. The minimum absolute atomic E-state index is 0.148. The molecule has 0 bridgehead atoms. The van der Waals surface area contributed by atoms with Crippen LogP contribution in [0, 0.1) is 10.1 Å². The molecule has 0 saturated heterocycles. The number of nitro groups is 1. The Hall–Kier alpha value is -3.43. The molecule has 0 fully saturated rings. The fourth-order valence-corrected chi connectivity index (χ4v) is 2.50. The third-order valence-electron chi connectivity index (χ3n) is 3.82. The van der Waals surface area contributed by atoms with E-state index in [0.717, 1.165) is 0 Å². The molecule has 10 heteroatoms. The molecule has 0 radical (unpaired) electrons. The zero-order valence-corrected chi connectivity index (χ0v) is 14.7. The number of amides is 2. The number of para-hydroxylation sites is 1. The van der Waals surface area contributed by atoms with Gasteiger partial charge in [-0.15, -0.1) is 0 Å². The van der Waals surface area contributed by atoms with Gasteiger partial charge in [-0.3, -0.25) is 19.7 Å². The second-order valence-corrected chi connectivity index (χ2v) is 5.75. The van der Waals surface area contributed by atoms with Crippen LogP contribution in [0.15, 0.2) is 48.5 Å². The molecule has 0 aromatic heterocycles. The van der Waals surface area contributed by atoms with E-state index in [1.807, 2.05) is 0 Å². The number of nitrogens with one attached hydrogen (secondary N) is 1. The lowest BCUT2D eigenvalue weighted by molar-refractivity contribution is -0.385. The molecule has 2 aromatic rings. The lowest BCUT2D eigenvalue weighted by Gasteiger charge is -2.22. The maximum atomic E-state index is 12.6. The van der Waals surface area contributed by atoms with E-state index in [1.54, 1.807) is 0 Å². The normalized spacial score (nSPS) is 11.0. The highest BCUT2D eigenvalue weighted by Gasteiger charge is 2.41. The maximum Gasteiger partial charge on any atom is 0.471 e. The Morgan fingerprint density at radius 2 is 1.82 bits per heavy atom. The predicted molar refractivity (Wildman–Crippen MR) is 94.6 cm³/mol. The van der Waals surface area contributed by atoms with Gasteiger partial charge in [0.1, 0.15) is 5.56 Å². The van der Waals surface area contributed by atoms with Crippen molar-refractivity contribution < 1.29 is 27.7 Å². The van der Waals surface area contributed by atoms with Crippen LogP contribution in [0.25, 0.3) is 0 Å². The molecule has 0 aliphatic rings. The number of rotatable bonds is 6. The fourth-order valence-electron chi connectivity index (χ4n) is 2.50. The molecule has 0 spiro atoms. The van der Waals surface area contributed by atoms with Crippen molar-refractivity contribution in [2.45, 2.75) is 19.6 Å². The average Bonchev–Trinajstić information content (AvgIpc) is 2.65. The molecule has 0 aliphatic carbocycles. The Bertz CT molecular complexity index is 900. The van der Waals surface area contributed by atoms with Gasteiger partial charge in [0.2, 0.25) is 0 Å². The summed E-state index contributed by atoms with van der Waals surface area (Å²) in [5.41, 5.74) is 0.0698. The van der Waals surface area contributed by atoms with Gasteiger partial charge in [-0.2, -0.15) is 13.2 Å². The Kier molecular flexibility index (Phi) is 6.34. The van der Waals surface area contributed by atoms with Crippen LogP contribution in [0.3, 0.4) is 0 Å². The van der Waals surface area contributed by atoms with E-state index in [0.29, 0.717) is 10.5 Å². The van der Waals surface area contributed by atoms with Crippen molar-refractivity contribution in [2.24, 2.45) is 0 Å². The molecular formula is C18H16F3N3O4. The largest absolute Gasteiger partial charge is 0.471 e. The zero-order valence-electron chi connectivity index (χ0n) is 14.7. The molecule has 2 rings (SSSR count). The number of halogens is 3. The molecule has 1 N–H and O–H groups in total. The molecule has 0 heterocycles. The van der Waals surface area contributed by atoms with Crippen LogP contribution in [0.2, 0.25) is 0 Å². The maximum absolute atomic E-state index is 12.6. The van der Waals surface area contributed by atoms with E-state index in [2.05, 4.69) is 5.32 Å². The van der Waals surface area contributed by atoms with Crippen molar-refractivity contribution in [1.29, 1.82) is 0 Å². The van der Waals surface area contributed by atoms with Crippen LogP contribution < -0.4 is 5.32 Å². The minimum Gasteiger partial charge on any atom is -0.331 e. The minimum atomic E-state index is -4.98. The third kappa shape index (κ3) is 5.06. The number of nitro benzene ring substituents is 1. The van der Waals surface area contributed by atoms with E-state index in [9.17, 15) is 32.9 Å². The molecular weight excluding hydrogens is 379 g/mol. The monoisotopic (exact) mass is 395 g/mol. The highest BCUT2D eigenvalue weighted by molar-refractivity contribution is 6.07. The summed E-state index contributed by atoms with van der Waals surface area (Å²) in [6, 6.07) is 11.3. The smallest absolute Gasteiger partial charge is 0.331 e. The van der Waals surface area contributed by atoms with Gasteiger partial charge in [0.15, 0.2) is 0 Å². The van der Waals surface area contributed by atoms with Crippen molar-refractivity contribution in [3.05, 3.63) is 69.8 Å². The number of carbonyl (C=O) groups is 2. The number of alkyl halides is 3. The summed E-state index contributed by atoms with van der Waals surface area (Å²) < 4.78 is 37.9. The van der Waals surface area contributed by atoms with Crippen LogP contribution in [0.5, 0.6) is 0 Å². The van der Waals surface area contributed by atoms with Gasteiger partial charge >= 0.3 is 12.1 Å². The molecule has 0 aliphatic heterocycles. The number of carbonyl (C=O) groups excluding carboxylic acids is 2. The Labute approximate surface area is 157 Å². The van der Waals surface area contributed by atoms with Gasteiger partial charge in [-0.1, -0.05) is 24.3 Å². The number of anilines is 1. The van der Waals surface area contributed by atoms with Gasteiger partial charge in [0.05, 0.1) is 4.92 Å². The van der Waals surface area contributed by atoms with Crippen molar-refractivity contribution in [3.8, 4) is 0 Å². The summed E-state index contributed by atoms with van der Waals surface area (Å²) in [6.07, 6.45) is -4.98. The summed E-state index contributed by atoms with van der Waals surface area (Å²) in [5, 5.41) is 13.5. The van der Waals surface area contributed by atoms with Crippen LogP contribution in [-0.4, -0.2) is 34.4 Å². The second-order valence-electron chi connectivity index (χ2n) is 5.75. The lowest BCUT2D eigenvalue weighted by Crippen LogP contribution is -2.40. The van der Waals surface area contributed by atoms with Gasteiger partial charge in [-0.25, -0.2) is 0 Å². The molecule has 0 atom stereocenters. The summed E-state index contributed by atoms with van der Waals surface area (Å²) in [6.45, 7) is 0.971. The third-order valence-corrected chi connectivity index (χ3v) is 3.82. The van der Waals surface area contributed by atoms with Crippen molar-refractivity contribution in [2.75, 3.05) is 11.9 Å². The first-order chi connectivity index (χ1) is 13.1. The first kappa shape index (κ1) is 20.9.